The van der Waals surface area contributed by atoms with Gasteiger partial charge in [0.15, 0.2) is 5.78 Å². The fourth-order valence-corrected chi connectivity index (χ4v) is 3.43. The van der Waals surface area contributed by atoms with E-state index in [4.69, 9.17) is 9.47 Å². The third-order valence-electron chi connectivity index (χ3n) is 4.84. The monoisotopic (exact) mass is 386 g/mol. The van der Waals surface area contributed by atoms with E-state index in [1.165, 1.54) is 0 Å². The zero-order valence-electron chi connectivity index (χ0n) is 15.6. The first-order chi connectivity index (χ1) is 12.6. The molecule has 1 saturated heterocycles. The fraction of sp³-hybridized carbons (Fsp3) is 0.632. The van der Waals surface area contributed by atoms with Crippen molar-refractivity contribution in [2.75, 3.05) is 39.3 Å². The molecule has 8 heteroatoms. The van der Waals surface area contributed by atoms with Gasteiger partial charge in [0.05, 0.1) is 18.6 Å². The molecule has 0 radical (unpaired) electrons. The van der Waals surface area contributed by atoms with Crippen molar-refractivity contribution in [3.05, 3.63) is 23.8 Å². The van der Waals surface area contributed by atoms with Crippen molar-refractivity contribution < 1.29 is 27.4 Å². The summed E-state index contributed by atoms with van der Waals surface area (Å²) in [6.45, 7) is 5.73. The number of ketones is 1. The molecule has 150 valence electrons. The molecule has 1 fully saturated rings. The molecule has 0 saturated carbocycles. The summed E-state index contributed by atoms with van der Waals surface area (Å²) in [6, 6.07) is 5.20. The molecule has 0 bridgehead atoms. The summed E-state index contributed by atoms with van der Waals surface area (Å²) in [5.41, 5.74) is 0.0468. The van der Waals surface area contributed by atoms with E-state index in [-0.39, 0.29) is 18.9 Å². The third-order valence-corrected chi connectivity index (χ3v) is 4.84. The van der Waals surface area contributed by atoms with E-state index in [0.717, 1.165) is 0 Å². The minimum Gasteiger partial charge on any atom is -0.493 e. The standard InChI is InChI=1S/C19H25F3N2O3/c1-18(2)13-16(25)15-5-4-14(12-17(15)27-18)26-11-3-6-23-7-9-24(10-8-23)19(20,21)22/h4-5,12H,3,6-11,13H2,1-2H3. The first-order valence-electron chi connectivity index (χ1n) is 9.17. The van der Waals surface area contributed by atoms with Crippen molar-refractivity contribution in [2.24, 2.45) is 0 Å². The summed E-state index contributed by atoms with van der Waals surface area (Å²) < 4.78 is 49.4. The number of carbonyl (C=O) groups is 1. The quantitative estimate of drug-likeness (QED) is 0.574. The van der Waals surface area contributed by atoms with Gasteiger partial charge in [-0.1, -0.05) is 0 Å². The topological polar surface area (TPSA) is 42.0 Å². The largest absolute Gasteiger partial charge is 0.493 e. The predicted molar refractivity (Wildman–Crippen MR) is 94.3 cm³/mol. The van der Waals surface area contributed by atoms with Crippen molar-refractivity contribution in [2.45, 2.75) is 38.6 Å². The van der Waals surface area contributed by atoms with Crippen LogP contribution < -0.4 is 9.47 Å². The van der Waals surface area contributed by atoms with Crippen molar-refractivity contribution >= 4 is 5.78 Å². The number of fused-ring (bicyclic) bond motifs is 1. The number of hydrogen-bond donors (Lipinski definition) is 0. The second kappa shape index (κ2) is 7.67. The predicted octanol–water partition coefficient (Wildman–Crippen LogP) is 3.34. The van der Waals surface area contributed by atoms with Crippen LogP contribution in [-0.2, 0) is 0 Å². The van der Waals surface area contributed by atoms with Crippen LogP contribution in [0.2, 0.25) is 0 Å². The van der Waals surface area contributed by atoms with Crippen molar-refractivity contribution in [3.8, 4) is 11.5 Å². The number of ether oxygens (including phenoxy) is 2. The normalized spacial score (nSPS) is 20.9. The lowest BCUT2D eigenvalue weighted by Crippen LogP contribution is -2.52. The third kappa shape index (κ3) is 5.13. The first kappa shape index (κ1) is 19.9. The van der Waals surface area contributed by atoms with Gasteiger partial charge in [-0.15, -0.1) is 0 Å². The van der Waals surface area contributed by atoms with Crippen LogP contribution in [0.15, 0.2) is 18.2 Å². The zero-order valence-corrected chi connectivity index (χ0v) is 15.6. The van der Waals surface area contributed by atoms with Gasteiger partial charge in [-0.25, -0.2) is 4.90 Å². The van der Waals surface area contributed by atoms with Crippen LogP contribution in [0.3, 0.4) is 0 Å². The molecular weight excluding hydrogens is 361 g/mol. The van der Waals surface area contributed by atoms with Gasteiger partial charge in [0.2, 0.25) is 0 Å². The minimum absolute atomic E-state index is 0.0103. The Balaban J connectivity index is 1.44. The van der Waals surface area contributed by atoms with Crippen LogP contribution in [0.4, 0.5) is 13.2 Å². The van der Waals surface area contributed by atoms with Gasteiger partial charge >= 0.3 is 6.30 Å². The Morgan fingerprint density at radius 3 is 2.56 bits per heavy atom. The smallest absolute Gasteiger partial charge is 0.460 e. The Bertz CT molecular complexity index is 683. The Hall–Kier alpha value is -1.80. The van der Waals surface area contributed by atoms with Crippen LogP contribution >= 0.6 is 0 Å². The molecule has 2 heterocycles. The lowest BCUT2D eigenvalue weighted by atomic mass is 9.93. The highest BCUT2D eigenvalue weighted by Crippen LogP contribution is 2.35. The van der Waals surface area contributed by atoms with Crippen molar-refractivity contribution in [1.29, 1.82) is 0 Å². The van der Waals surface area contributed by atoms with E-state index in [2.05, 4.69) is 0 Å². The lowest BCUT2D eigenvalue weighted by molar-refractivity contribution is -0.252. The minimum atomic E-state index is -4.24. The van der Waals surface area contributed by atoms with Gasteiger partial charge < -0.3 is 14.4 Å². The van der Waals surface area contributed by atoms with Crippen molar-refractivity contribution in [3.63, 3.8) is 0 Å². The van der Waals surface area contributed by atoms with Crippen LogP contribution in [0.25, 0.3) is 0 Å². The summed E-state index contributed by atoms with van der Waals surface area (Å²) in [5, 5.41) is 0. The van der Waals surface area contributed by atoms with Gasteiger partial charge in [0.1, 0.15) is 17.1 Å². The molecule has 0 spiro atoms. The van der Waals surface area contributed by atoms with Crippen molar-refractivity contribution in [1.82, 2.24) is 9.80 Å². The SMILES string of the molecule is CC1(C)CC(=O)c2ccc(OCCCN3CCN(C(F)(F)F)CC3)cc2O1. The summed E-state index contributed by atoms with van der Waals surface area (Å²) in [5.74, 6) is 1.23. The van der Waals surface area contributed by atoms with E-state index in [9.17, 15) is 18.0 Å². The second-order valence-electron chi connectivity index (χ2n) is 7.62. The number of benzene rings is 1. The highest BCUT2D eigenvalue weighted by atomic mass is 19.4. The summed E-state index contributed by atoms with van der Waals surface area (Å²) in [6.07, 6.45) is -3.17. The number of Topliss-reactive ketones (excluding diaryl/α,β-unsaturated/α-hetero) is 1. The molecule has 0 amide bonds. The Kier molecular flexibility index (Phi) is 5.67. The molecule has 27 heavy (non-hydrogen) atoms. The molecular formula is C19H25F3N2O3. The van der Waals surface area contributed by atoms with E-state index >= 15 is 0 Å². The van der Waals surface area contributed by atoms with Gasteiger partial charge in [-0.05, 0) is 32.4 Å². The molecule has 0 aromatic heterocycles. The van der Waals surface area contributed by atoms with Crippen LogP contribution in [0.1, 0.15) is 37.0 Å². The Labute approximate surface area is 157 Å². The number of rotatable bonds is 5. The number of halogens is 3. The molecule has 1 aromatic rings. The first-order valence-corrected chi connectivity index (χ1v) is 9.17. The van der Waals surface area contributed by atoms with Gasteiger partial charge in [-0.2, -0.15) is 13.2 Å². The van der Waals surface area contributed by atoms with Crippen LogP contribution in [-0.4, -0.2) is 66.8 Å². The van der Waals surface area contributed by atoms with Crippen LogP contribution in [0, 0.1) is 0 Å². The Morgan fingerprint density at radius 1 is 1.19 bits per heavy atom. The average molecular weight is 386 g/mol. The van der Waals surface area contributed by atoms with E-state index in [1.54, 1.807) is 18.2 Å². The second-order valence-corrected chi connectivity index (χ2v) is 7.62. The average Bonchev–Trinajstić information content (AvgIpc) is 2.57. The maximum absolute atomic E-state index is 12.6. The highest BCUT2D eigenvalue weighted by molar-refractivity contribution is 6.00. The van der Waals surface area contributed by atoms with Crippen LogP contribution in [0.5, 0.6) is 11.5 Å². The summed E-state index contributed by atoms with van der Waals surface area (Å²) in [7, 11) is 0. The number of piperazine rings is 1. The fourth-order valence-electron chi connectivity index (χ4n) is 3.43. The summed E-state index contributed by atoms with van der Waals surface area (Å²) in [4.78, 5) is 14.7. The maximum atomic E-state index is 12.6. The van der Waals surface area contributed by atoms with E-state index in [1.807, 2.05) is 18.7 Å². The maximum Gasteiger partial charge on any atom is 0.460 e. The van der Waals surface area contributed by atoms with E-state index < -0.39 is 11.9 Å². The van der Waals surface area contributed by atoms with Gasteiger partial charge in [0.25, 0.3) is 0 Å². The molecule has 0 atom stereocenters. The Morgan fingerprint density at radius 2 is 1.89 bits per heavy atom. The molecule has 0 N–H and O–H groups in total. The number of hydrogen-bond acceptors (Lipinski definition) is 5. The molecule has 2 aliphatic rings. The molecule has 0 aliphatic carbocycles. The van der Waals surface area contributed by atoms with E-state index in [0.29, 0.717) is 61.0 Å². The molecule has 0 unspecified atom stereocenters. The lowest BCUT2D eigenvalue weighted by Gasteiger charge is -2.35. The molecule has 1 aromatic carbocycles. The zero-order chi connectivity index (χ0) is 19.7. The number of alkyl halides is 3. The van der Waals surface area contributed by atoms with Gasteiger partial charge in [0, 0.05) is 38.8 Å². The molecule has 2 aliphatic heterocycles. The molecule has 5 nitrogen and oxygen atoms in total. The van der Waals surface area contributed by atoms with Gasteiger partial charge in [-0.3, -0.25) is 4.79 Å². The summed E-state index contributed by atoms with van der Waals surface area (Å²) >= 11 is 0. The highest BCUT2D eigenvalue weighted by Gasteiger charge is 2.38. The molecule has 3 rings (SSSR count). The number of nitrogens with zero attached hydrogens (tertiary/aromatic N) is 2. The number of carbonyl (C=O) groups excluding carboxylic acids is 1.